The van der Waals surface area contributed by atoms with E-state index in [1.54, 1.807) is 0 Å². The zero-order valence-corrected chi connectivity index (χ0v) is 11.7. The number of ether oxygens (including phenoxy) is 2. The Morgan fingerprint density at radius 1 is 1.05 bits per heavy atom. The summed E-state index contributed by atoms with van der Waals surface area (Å²) in [5, 5.41) is 0. The standard InChI is InChI=1S/C16H20F2O2/c1-19-13-7-8-14(16(18)15(13)17)20-9-11-6-5-10-3-2-4-12(10)11/h7-8,10-12H,2-6,9H2,1H3. The fourth-order valence-electron chi connectivity index (χ4n) is 3.87. The molecule has 110 valence electrons. The van der Waals surface area contributed by atoms with Crippen molar-refractivity contribution >= 4 is 0 Å². The first-order valence-corrected chi connectivity index (χ1v) is 7.35. The third-order valence-corrected chi connectivity index (χ3v) is 4.92. The minimum Gasteiger partial charge on any atom is -0.494 e. The summed E-state index contributed by atoms with van der Waals surface area (Å²) in [6.45, 7) is 0.490. The summed E-state index contributed by atoms with van der Waals surface area (Å²) >= 11 is 0. The highest BCUT2D eigenvalue weighted by Crippen LogP contribution is 2.47. The maximum atomic E-state index is 13.8. The van der Waals surface area contributed by atoms with Crippen molar-refractivity contribution in [2.45, 2.75) is 32.1 Å². The highest BCUT2D eigenvalue weighted by molar-refractivity contribution is 5.34. The van der Waals surface area contributed by atoms with E-state index in [2.05, 4.69) is 0 Å². The molecular weight excluding hydrogens is 262 g/mol. The van der Waals surface area contributed by atoms with Gasteiger partial charge in [-0.1, -0.05) is 12.8 Å². The van der Waals surface area contributed by atoms with E-state index in [9.17, 15) is 8.78 Å². The molecule has 0 aromatic heterocycles. The van der Waals surface area contributed by atoms with Gasteiger partial charge in [-0.15, -0.1) is 0 Å². The molecule has 0 saturated heterocycles. The molecule has 1 aromatic carbocycles. The Bertz CT molecular complexity index is 490. The summed E-state index contributed by atoms with van der Waals surface area (Å²) in [5.41, 5.74) is 0. The first-order valence-electron chi connectivity index (χ1n) is 7.35. The van der Waals surface area contributed by atoms with Crippen LogP contribution in [-0.4, -0.2) is 13.7 Å². The summed E-state index contributed by atoms with van der Waals surface area (Å²) in [5.74, 6) is 0.0195. The summed E-state index contributed by atoms with van der Waals surface area (Å²) in [7, 11) is 1.32. The van der Waals surface area contributed by atoms with Gasteiger partial charge in [-0.2, -0.15) is 8.78 Å². The van der Waals surface area contributed by atoms with Gasteiger partial charge in [0.1, 0.15) is 0 Å². The summed E-state index contributed by atoms with van der Waals surface area (Å²) in [6, 6.07) is 2.85. The van der Waals surface area contributed by atoms with Crippen molar-refractivity contribution in [3.05, 3.63) is 23.8 Å². The molecule has 0 spiro atoms. The second-order valence-corrected chi connectivity index (χ2v) is 5.90. The van der Waals surface area contributed by atoms with E-state index in [0.717, 1.165) is 18.3 Å². The Morgan fingerprint density at radius 2 is 1.80 bits per heavy atom. The van der Waals surface area contributed by atoms with Crippen molar-refractivity contribution in [2.24, 2.45) is 17.8 Å². The van der Waals surface area contributed by atoms with Gasteiger partial charge in [0.15, 0.2) is 11.5 Å². The lowest BCUT2D eigenvalue weighted by Gasteiger charge is -2.19. The van der Waals surface area contributed by atoms with Crippen molar-refractivity contribution in [1.82, 2.24) is 0 Å². The third kappa shape index (κ3) is 2.36. The molecule has 3 atom stereocenters. The average molecular weight is 282 g/mol. The average Bonchev–Trinajstić information content (AvgIpc) is 3.04. The van der Waals surface area contributed by atoms with Crippen LogP contribution in [0.15, 0.2) is 12.1 Å². The third-order valence-electron chi connectivity index (χ3n) is 4.92. The quantitative estimate of drug-likeness (QED) is 0.825. The Morgan fingerprint density at radius 3 is 2.60 bits per heavy atom. The molecule has 0 amide bonds. The molecule has 2 aliphatic rings. The number of benzene rings is 1. The van der Waals surface area contributed by atoms with E-state index >= 15 is 0 Å². The van der Waals surface area contributed by atoms with Gasteiger partial charge in [0.25, 0.3) is 0 Å². The molecule has 0 aliphatic heterocycles. The molecule has 0 radical (unpaired) electrons. The van der Waals surface area contributed by atoms with Gasteiger partial charge in [0.05, 0.1) is 13.7 Å². The van der Waals surface area contributed by atoms with Crippen molar-refractivity contribution in [3.8, 4) is 11.5 Å². The molecule has 2 nitrogen and oxygen atoms in total. The van der Waals surface area contributed by atoms with E-state index in [1.807, 2.05) is 0 Å². The smallest absolute Gasteiger partial charge is 0.204 e. The topological polar surface area (TPSA) is 18.5 Å². The Kier molecular flexibility index (Phi) is 3.81. The van der Waals surface area contributed by atoms with Crippen LogP contribution in [0, 0.1) is 29.4 Å². The zero-order valence-electron chi connectivity index (χ0n) is 11.7. The number of hydrogen-bond acceptors (Lipinski definition) is 2. The van der Waals surface area contributed by atoms with Crippen LogP contribution >= 0.6 is 0 Å². The predicted octanol–water partition coefficient (Wildman–Crippen LogP) is 4.18. The lowest BCUT2D eigenvalue weighted by molar-refractivity contribution is 0.198. The molecule has 2 fully saturated rings. The second-order valence-electron chi connectivity index (χ2n) is 5.90. The number of methoxy groups -OCH3 is 1. The van der Waals surface area contributed by atoms with Crippen molar-refractivity contribution < 1.29 is 18.3 Å². The SMILES string of the molecule is COc1ccc(OCC2CCC3CCCC32)c(F)c1F. The number of rotatable bonds is 4. The van der Waals surface area contributed by atoms with Gasteiger partial charge in [-0.3, -0.25) is 0 Å². The van der Waals surface area contributed by atoms with Crippen LogP contribution in [0.4, 0.5) is 8.78 Å². The van der Waals surface area contributed by atoms with Crippen molar-refractivity contribution in [3.63, 3.8) is 0 Å². The highest BCUT2D eigenvalue weighted by atomic mass is 19.2. The van der Waals surface area contributed by atoms with Crippen LogP contribution in [0.2, 0.25) is 0 Å². The predicted molar refractivity (Wildman–Crippen MR) is 72.0 cm³/mol. The van der Waals surface area contributed by atoms with Gasteiger partial charge in [-0.05, 0) is 49.1 Å². The van der Waals surface area contributed by atoms with Gasteiger partial charge in [0, 0.05) is 0 Å². The Balaban J connectivity index is 1.65. The first kappa shape index (κ1) is 13.7. The van der Waals surface area contributed by atoms with Crippen LogP contribution in [-0.2, 0) is 0 Å². The molecule has 0 bridgehead atoms. The highest BCUT2D eigenvalue weighted by Gasteiger charge is 2.39. The molecule has 0 N–H and O–H groups in total. The largest absolute Gasteiger partial charge is 0.494 e. The maximum Gasteiger partial charge on any atom is 0.204 e. The Labute approximate surface area is 118 Å². The zero-order chi connectivity index (χ0) is 14.1. The Hall–Kier alpha value is -1.32. The molecule has 3 unspecified atom stereocenters. The minimum absolute atomic E-state index is 0.00949. The van der Waals surface area contributed by atoms with Crippen LogP contribution < -0.4 is 9.47 Å². The molecular formula is C16H20F2O2. The van der Waals surface area contributed by atoms with Gasteiger partial charge in [0.2, 0.25) is 11.6 Å². The normalized spacial score (nSPS) is 28.4. The molecule has 4 heteroatoms. The lowest BCUT2D eigenvalue weighted by atomic mass is 9.93. The molecule has 20 heavy (non-hydrogen) atoms. The van der Waals surface area contributed by atoms with E-state index in [0.29, 0.717) is 12.5 Å². The van der Waals surface area contributed by atoms with Gasteiger partial charge >= 0.3 is 0 Å². The fraction of sp³-hybridized carbons (Fsp3) is 0.625. The van der Waals surface area contributed by atoms with Gasteiger partial charge in [-0.25, -0.2) is 0 Å². The van der Waals surface area contributed by atoms with Gasteiger partial charge < -0.3 is 9.47 Å². The number of halogens is 2. The summed E-state index contributed by atoms with van der Waals surface area (Å²) in [6.07, 6.45) is 6.30. The molecule has 2 aliphatic carbocycles. The number of fused-ring (bicyclic) bond motifs is 1. The van der Waals surface area contributed by atoms with E-state index in [-0.39, 0.29) is 11.5 Å². The summed E-state index contributed by atoms with van der Waals surface area (Å²) < 4.78 is 37.7. The van der Waals surface area contributed by atoms with Crippen LogP contribution in [0.5, 0.6) is 11.5 Å². The molecule has 3 rings (SSSR count). The molecule has 2 saturated carbocycles. The molecule has 1 aromatic rings. The monoisotopic (exact) mass is 282 g/mol. The first-order chi connectivity index (χ1) is 9.70. The summed E-state index contributed by atoms with van der Waals surface area (Å²) in [4.78, 5) is 0. The van der Waals surface area contributed by atoms with Crippen molar-refractivity contribution in [1.29, 1.82) is 0 Å². The maximum absolute atomic E-state index is 13.8. The van der Waals surface area contributed by atoms with E-state index in [1.165, 1.54) is 44.9 Å². The fourth-order valence-corrected chi connectivity index (χ4v) is 3.87. The van der Waals surface area contributed by atoms with Crippen LogP contribution in [0.1, 0.15) is 32.1 Å². The van der Waals surface area contributed by atoms with E-state index in [4.69, 9.17) is 9.47 Å². The molecule has 0 heterocycles. The van der Waals surface area contributed by atoms with E-state index < -0.39 is 11.6 Å². The van der Waals surface area contributed by atoms with Crippen LogP contribution in [0.25, 0.3) is 0 Å². The lowest BCUT2D eigenvalue weighted by Crippen LogP contribution is -2.18. The number of hydrogen-bond donors (Lipinski definition) is 0. The van der Waals surface area contributed by atoms with Crippen molar-refractivity contribution in [2.75, 3.05) is 13.7 Å². The second kappa shape index (κ2) is 5.58. The minimum atomic E-state index is -0.977. The van der Waals surface area contributed by atoms with Crippen LogP contribution in [0.3, 0.4) is 0 Å².